The second-order valence-electron chi connectivity index (χ2n) is 7.52. The molecule has 152 valence electrons. The molecule has 2 atom stereocenters. The molecule has 2 aromatic carbocycles. The molecule has 6 nitrogen and oxygen atoms in total. The summed E-state index contributed by atoms with van der Waals surface area (Å²) in [6.45, 7) is 3.73. The van der Waals surface area contributed by atoms with Gasteiger partial charge in [-0.3, -0.25) is 10.1 Å². The van der Waals surface area contributed by atoms with Gasteiger partial charge in [0.1, 0.15) is 6.04 Å². The highest BCUT2D eigenvalue weighted by atomic mass is 16.5. The molecule has 0 saturated carbocycles. The number of carbonyl (C=O) groups is 1. The van der Waals surface area contributed by atoms with Crippen LogP contribution in [0.25, 0.3) is 10.9 Å². The van der Waals surface area contributed by atoms with Crippen LogP contribution >= 0.6 is 0 Å². The van der Waals surface area contributed by atoms with Crippen LogP contribution in [0.2, 0.25) is 0 Å². The van der Waals surface area contributed by atoms with Gasteiger partial charge in [0, 0.05) is 23.0 Å². The number of hydrogen-bond donors (Lipinski definition) is 2. The van der Waals surface area contributed by atoms with Crippen molar-refractivity contribution in [3.8, 4) is 11.5 Å². The minimum absolute atomic E-state index is 0.159. The normalized spacial score (nSPS) is 18.5. The Morgan fingerprint density at radius 3 is 2.55 bits per heavy atom. The molecule has 3 aromatic rings. The van der Waals surface area contributed by atoms with Gasteiger partial charge in [0.15, 0.2) is 11.5 Å². The molecule has 1 aliphatic rings. The molecule has 0 unspecified atom stereocenters. The number of benzene rings is 2. The molecule has 4 rings (SSSR count). The Labute approximate surface area is 170 Å². The predicted octanol–water partition coefficient (Wildman–Crippen LogP) is 3.74. The maximum absolute atomic E-state index is 12.7. The van der Waals surface area contributed by atoms with E-state index < -0.39 is 6.04 Å². The predicted molar refractivity (Wildman–Crippen MR) is 112 cm³/mol. The lowest BCUT2D eigenvalue weighted by Crippen LogP contribution is -2.46. The summed E-state index contributed by atoms with van der Waals surface area (Å²) in [5.74, 6) is 1.08. The van der Waals surface area contributed by atoms with Crippen LogP contribution in [0.1, 0.15) is 36.7 Å². The lowest BCUT2D eigenvalue weighted by Gasteiger charge is -2.31. The fraction of sp³-hybridized carbons (Fsp3) is 0.348. The van der Waals surface area contributed by atoms with E-state index in [9.17, 15) is 4.79 Å². The first-order chi connectivity index (χ1) is 14.0. The Morgan fingerprint density at radius 1 is 1.07 bits per heavy atom. The summed E-state index contributed by atoms with van der Waals surface area (Å²) in [5, 5.41) is 4.61. The highest BCUT2D eigenvalue weighted by Gasteiger charge is 2.35. The van der Waals surface area contributed by atoms with E-state index in [1.54, 1.807) is 14.2 Å². The van der Waals surface area contributed by atoms with E-state index in [4.69, 9.17) is 14.2 Å². The number of rotatable bonds is 5. The van der Waals surface area contributed by atoms with Gasteiger partial charge >= 0.3 is 5.97 Å². The van der Waals surface area contributed by atoms with Crippen LogP contribution in [-0.2, 0) is 16.0 Å². The number of carbonyl (C=O) groups excluding carboxylic acids is 1. The first kappa shape index (κ1) is 19.3. The number of methoxy groups -OCH3 is 2. The fourth-order valence-electron chi connectivity index (χ4n) is 4.00. The molecule has 0 fully saturated rings. The Kier molecular flexibility index (Phi) is 5.20. The average Bonchev–Trinajstić information content (AvgIpc) is 3.10. The Morgan fingerprint density at radius 2 is 1.83 bits per heavy atom. The summed E-state index contributed by atoms with van der Waals surface area (Å²) >= 11 is 0. The topological polar surface area (TPSA) is 72.6 Å². The molecule has 1 aromatic heterocycles. The van der Waals surface area contributed by atoms with Gasteiger partial charge in [0.25, 0.3) is 0 Å². The van der Waals surface area contributed by atoms with Gasteiger partial charge in [0.05, 0.1) is 26.4 Å². The SMILES string of the molecule is COc1ccc([C@H]2N[C@H](C(=O)OC(C)C)Cc3c2[nH]c2ccccc32)cc1OC. The van der Waals surface area contributed by atoms with Crippen LogP contribution in [0.3, 0.4) is 0 Å². The van der Waals surface area contributed by atoms with Crippen LogP contribution in [0.4, 0.5) is 0 Å². The molecule has 0 saturated heterocycles. The van der Waals surface area contributed by atoms with E-state index >= 15 is 0 Å². The van der Waals surface area contributed by atoms with Crippen LogP contribution in [0, 0.1) is 0 Å². The summed E-state index contributed by atoms with van der Waals surface area (Å²) in [7, 11) is 3.23. The van der Waals surface area contributed by atoms with Crippen molar-refractivity contribution in [3.05, 3.63) is 59.3 Å². The number of para-hydroxylation sites is 1. The maximum atomic E-state index is 12.7. The van der Waals surface area contributed by atoms with Gasteiger partial charge in [-0.25, -0.2) is 0 Å². The Hall–Kier alpha value is -2.99. The van der Waals surface area contributed by atoms with Crippen molar-refractivity contribution in [2.24, 2.45) is 0 Å². The smallest absolute Gasteiger partial charge is 0.323 e. The summed E-state index contributed by atoms with van der Waals surface area (Å²) in [6.07, 6.45) is 0.419. The Balaban J connectivity index is 1.81. The molecule has 0 radical (unpaired) electrons. The highest BCUT2D eigenvalue weighted by molar-refractivity contribution is 5.87. The molecular formula is C23H26N2O4. The van der Waals surface area contributed by atoms with E-state index in [0.717, 1.165) is 27.7 Å². The molecule has 0 bridgehead atoms. The number of hydrogen-bond acceptors (Lipinski definition) is 5. The number of esters is 1. The number of H-pyrrole nitrogens is 1. The number of aromatic amines is 1. The zero-order valence-electron chi connectivity index (χ0n) is 17.1. The third kappa shape index (κ3) is 3.56. The number of fused-ring (bicyclic) bond motifs is 3. The van der Waals surface area contributed by atoms with E-state index in [1.165, 1.54) is 0 Å². The summed E-state index contributed by atoms with van der Waals surface area (Å²) in [4.78, 5) is 16.3. The highest BCUT2D eigenvalue weighted by Crippen LogP contribution is 2.38. The van der Waals surface area contributed by atoms with Crippen molar-refractivity contribution in [1.29, 1.82) is 0 Å². The molecule has 0 aliphatic carbocycles. The van der Waals surface area contributed by atoms with Gasteiger partial charge in [-0.1, -0.05) is 24.3 Å². The minimum atomic E-state index is -0.429. The standard InChI is InChI=1S/C23H26N2O4/c1-13(2)29-23(26)18-12-16-15-7-5-6-8-17(15)24-22(16)21(25-18)14-9-10-19(27-3)20(11-14)28-4/h5-11,13,18,21,24-25H,12H2,1-4H3/t18-,21+/m0/s1. The zero-order chi connectivity index (χ0) is 20.5. The van der Waals surface area contributed by atoms with Gasteiger partial charge in [-0.15, -0.1) is 0 Å². The molecule has 0 amide bonds. The third-order valence-electron chi connectivity index (χ3n) is 5.29. The molecule has 1 aliphatic heterocycles. The van der Waals surface area contributed by atoms with E-state index in [2.05, 4.69) is 22.4 Å². The summed E-state index contributed by atoms with van der Waals surface area (Å²) in [5.41, 5.74) is 4.25. The first-order valence-electron chi connectivity index (χ1n) is 9.79. The number of aromatic nitrogens is 1. The Bertz CT molecular complexity index is 1040. The van der Waals surface area contributed by atoms with Crippen LogP contribution in [0.15, 0.2) is 42.5 Å². The average molecular weight is 394 g/mol. The summed E-state index contributed by atoms with van der Waals surface area (Å²) in [6, 6.07) is 13.4. The van der Waals surface area contributed by atoms with Crippen molar-refractivity contribution in [3.63, 3.8) is 0 Å². The van der Waals surface area contributed by atoms with Crippen LogP contribution in [-0.4, -0.2) is 37.3 Å². The van der Waals surface area contributed by atoms with Gasteiger partial charge < -0.3 is 19.2 Å². The molecule has 0 spiro atoms. The quantitative estimate of drug-likeness (QED) is 0.645. The summed E-state index contributed by atoms with van der Waals surface area (Å²) < 4.78 is 16.4. The molecule has 2 heterocycles. The maximum Gasteiger partial charge on any atom is 0.323 e. The number of nitrogens with one attached hydrogen (secondary N) is 2. The third-order valence-corrected chi connectivity index (χ3v) is 5.29. The molecular weight excluding hydrogens is 368 g/mol. The van der Waals surface area contributed by atoms with Crippen molar-refractivity contribution < 1.29 is 19.0 Å². The van der Waals surface area contributed by atoms with Gasteiger partial charge in [-0.2, -0.15) is 0 Å². The van der Waals surface area contributed by atoms with Crippen LogP contribution < -0.4 is 14.8 Å². The molecule has 6 heteroatoms. The van der Waals surface area contributed by atoms with Crippen molar-refractivity contribution >= 4 is 16.9 Å². The second-order valence-corrected chi connectivity index (χ2v) is 7.52. The zero-order valence-corrected chi connectivity index (χ0v) is 17.1. The second kappa shape index (κ2) is 7.79. The molecule has 2 N–H and O–H groups in total. The fourth-order valence-corrected chi connectivity index (χ4v) is 4.00. The lowest BCUT2D eigenvalue weighted by molar-refractivity contribution is -0.150. The van der Waals surface area contributed by atoms with E-state index in [-0.39, 0.29) is 18.1 Å². The lowest BCUT2D eigenvalue weighted by atomic mass is 9.90. The van der Waals surface area contributed by atoms with Crippen LogP contribution in [0.5, 0.6) is 11.5 Å². The van der Waals surface area contributed by atoms with E-state index in [1.807, 2.05) is 44.2 Å². The van der Waals surface area contributed by atoms with Crippen molar-refractivity contribution in [2.45, 2.75) is 38.5 Å². The minimum Gasteiger partial charge on any atom is -0.493 e. The number of ether oxygens (including phenoxy) is 3. The first-order valence-corrected chi connectivity index (χ1v) is 9.79. The van der Waals surface area contributed by atoms with E-state index in [0.29, 0.717) is 17.9 Å². The van der Waals surface area contributed by atoms with Crippen molar-refractivity contribution in [1.82, 2.24) is 10.3 Å². The van der Waals surface area contributed by atoms with Gasteiger partial charge in [0.2, 0.25) is 0 Å². The van der Waals surface area contributed by atoms with Gasteiger partial charge in [-0.05, 0) is 43.2 Å². The van der Waals surface area contributed by atoms with Crippen molar-refractivity contribution in [2.75, 3.05) is 14.2 Å². The molecule has 29 heavy (non-hydrogen) atoms. The largest absolute Gasteiger partial charge is 0.493 e. The monoisotopic (exact) mass is 394 g/mol.